The maximum atomic E-state index is 12.8. The van der Waals surface area contributed by atoms with Gasteiger partial charge in [0.05, 0.1) is 12.7 Å². The van der Waals surface area contributed by atoms with Gasteiger partial charge in [-0.05, 0) is 111 Å². The minimum Gasteiger partial charge on any atom is -0.465 e. The molecule has 7 atom stereocenters. The number of ether oxygens (including phenoxy) is 3. The lowest BCUT2D eigenvalue weighted by Crippen LogP contribution is -2.45. The van der Waals surface area contributed by atoms with Crippen LogP contribution in [0.25, 0.3) is 0 Å². The van der Waals surface area contributed by atoms with E-state index in [1.165, 1.54) is 48.1 Å². The summed E-state index contributed by atoms with van der Waals surface area (Å²) < 4.78 is 18.1. The van der Waals surface area contributed by atoms with Gasteiger partial charge in [0, 0.05) is 31.0 Å². The van der Waals surface area contributed by atoms with E-state index in [-0.39, 0.29) is 23.7 Å². The second-order valence-corrected chi connectivity index (χ2v) is 13.5. The van der Waals surface area contributed by atoms with Gasteiger partial charge in [-0.15, -0.1) is 11.3 Å². The summed E-state index contributed by atoms with van der Waals surface area (Å²) >= 11 is 1.54. The molecule has 2 saturated carbocycles. The fourth-order valence-electron chi connectivity index (χ4n) is 8.39. The standard InChI is InChI=1S/C31H42N2O4S/c1-19-18-32-30(38-19)33-27(34)12-8-21-17-26(35-3)31(2)14-13-24-23-11-9-22(37-28-6-4-5-15-36-28)16-20(23)7-10-25(24)29(21)31/h9,11,16,18,21,24-26,28-29H,4-8,10,12-15,17H2,1-3H3,(H,32,33,34)/t21-,24?,25?,26+,28?,29?,31?/m1/s1. The van der Waals surface area contributed by atoms with Crippen molar-refractivity contribution in [2.45, 2.75) is 96.4 Å². The first-order valence-electron chi connectivity index (χ1n) is 14.6. The number of benzene rings is 1. The zero-order chi connectivity index (χ0) is 26.3. The molecule has 1 N–H and O–H groups in total. The largest absolute Gasteiger partial charge is 0.465 e. The Balaban J connectivity index is 1.17. The molecule has 6 nitrogen and oxygen atoms in total. The van der Waals surface area contributed by atoms with Gasteiger partial charge in [-0.1, -0.05) is 13.0 Å². The Labute approximate surface area is 230 Å². The summed E-state index contributed by atoms with van der Waals surface area (Å²) in [6, 6.07) is 6.79. The monoisotopic (exact) mass is 538 g/mol. The third-order valence-electron chi connectivity index (χ3n) is 10.1. The van der Waals surface area contributed by atoms with E-state index in [1.807, 2.05) is 20.2 Å². The van der Waals surface area contributed by atoms with E-state index in [0.717, 1.165) is 49.3 Å². The van der Waals surface area contributed by atoms with E-state index in [9.17, 15) is 4.79 Å². The topological polar surface area (TPSA) is 69.7 Å². The summed E-state index contributed by atoms with van der Waals surface area (Å²) in [7, 11) is 1.88. The number of carbonyl (C=O) groups excluding carboxylic acids is 1. The Morgan fingerprint density at radius 1 is 1.26 bits per heavy atom. The van der Waals surface area contributed by atoms with E-state index in [2.05, 4.69) is 35.4 Å². The molecule has 3 fully saturated rings. The number of nitrogens with zero attached hydrogens (tertiary/aromatic N) is 1. The number of aryl methyl sites for hydroxylation is 2. The molecule has 5 unspecified atom stereocenters. The molecule has 6 rings (SSSR count). The van der Waals surface area contributed by atoms with Crippen LogP contribution in [-0.2, 0) is 20.7 Å². The second kappa shape index (κ2) is 10.9. The number of rotatable bonds is 7. The number of hydrogen-bond donors (Lipinski definition) is 1. The molecule has 38 heavy (non-hydrogen) atoms. The van der Waals surface area contributed by atoms with E-state index < -0.39 is 0 Å². The highest BCUT2D eigenvalue weighted by atomic mass is 32.1. The number of hydrogen-bond acceptors (Lipinski definition) is 6. The lowest BCUT2D eigenvalue weighted by Gasteiger charge is -2.52. The van der Waals surface area contributed by atoms with Gasteiger partial charge >= 0.3 is 0 Å². The van der Waals surface area contributed by atoms with Crippen LogP contribution in [0.5, 0.6) is 5.75 Å². The normalized spacial score (nSPS) is 34.2. The van der Waals surface area contributed by atoms with Crippen LogP contribution in [0, 0.1) is 30.1 Å². The summed E-state index contributed by atoms with van der Waals surface area (Å²) in [5.41, 5.74) is 3.17. The van der Waals surface area contributed by atoms with Crippen LogP contribution < -0.4 is 10.1 Å². The van der Waals surface area contributed by atoms with Gasteiger partial charge in [-0.2, -0.15) is 0 Å². The first kappa shape index (κ1) is 26.3. The van der Waals surface area contributed by atoms with Crippen LogP contribution in [0.1, 0.15) is 86.6 Å². The maximum Gasteiger partial charge on any atom is 0.226 e. The van der Waals surface area contributed by atoms with E-state index in [1.54, 1.807) is 0 Å². The molecule has 3 aliphatic carbocycles. The number of methoxy groups -OCH3 is 1. The van der Waals surface area contributed by atoms with Gasteiger partial charge in [-0.25, -0.2) is 4.98 Å². The van der Waals surface area contributed by atoms with Crippen molar-refractivity contribution in [2.24, 2.45) is 23.2 Å². The Hall–Kier alpha value is -1.96. The number of aromatic nitrogens is 1. The van der Waals surface area contributed by atoms with Crippen molar-refractivity contribution >= 4 is 22.4 Å². The molecule has 1 amide bonds. The molecular weight excluding hydrogens is 496 g/mol. The molecular formula is C31H42N2O4S. The fraction of sp³-hybridized carbons (Fsp3) is 0.677. The Morgan fingerprint density at radius 2 is 2.16 bits per heavy atom. The maximum absolute atomic E-state index is 12.8. The molecule has 4 aliphatic rings. The van der Waals surface area contributed by atoms with Crippen LogP contribution in [0.15, 0.2) is 24.4 Å². The van der Waals surface area contributed by atoms with Gasteiger partial charge in [-0.3, -0.25) is 4.79 Å². The number of anilines is 1. The number of thiazole rings is 1. The zero-order valence-corrected chi connectivity index (χ0v) is 23.9. The molecule has 206 valence electrons. The molecule has 1 aromatic heterocycles. The highest BCUT2D eigenvalue weighted by Crippen LogP contribution is 2.64. The molecule has 1 aliphatic heterocycles. The quantitative estimate of drug-likeness (QED) is 0.416. The van der Waals surface area contributed by atoms with Gasteiger partial charge in [0.25, 0.3) is 0 Å². The van der Waals surface area contributed by atoms with Crippen molar-refractivity contribution in [3.8, 4) is 5.75 Å². The van der Waals surface area contributed by atoms with Crippen molar-refractivity contribution in [2.75, 3.05) is 19.0 Å². The Morgan fingerprint density at radius 3 is 2.92 bits per heavy atom. The summed E-state index contributed by atoms with van der Waals surface area (Å²) in [6.45, 7) is 5.28. The predicted octanol–water partition coefficient (Wildman–Crippen LogP) is 6.87. The summed E-state index contributed by atoms with van der Waals surface area (Å²) in [5, 5.41) is 3.72. The Bertz CT molecular complexity index is 1140. The van der Waals surface area contributed by atoms with Crippen molar-refractivity contribution in [3.05, 3.63) is 40.4 Å². The van der Waals surface area contributed by atoms with Crippen LogP contribution >= 0.6 is 11.3 Å². The number of amides is 1. The number of carbonyl (C=O) groups is 1. The molecule has 2 heterocycles. The van der Waals surface area contributed by atoms with Gasteiger partial charge in [0.1, 0.15) is 5.75 Å². The fourth-order valence-corrected chi connectivity index (χ4v) is 9.07. The second-order valence-electron chi connectivity index (χ2n) is 12.2. The van der Waals surface area contributed by atoms with Crippen LogP contribution in [0.2, 0.25) is 0 Å². The van der Waals surface area contributed by atoms with Crippen molar-refractivity contribution in [3.63, 3.8) is 0 Å². The minimum atomic E-state index is -0.101. The smallest absolute Gasteiger partial charge is 0.226 e. The summed E-state index contributed by atoms with van der Waals surface area (Å²) in [4.78, 5) is 18.2. The summed E-state index contributed by atoms with van der Waals surface area (Å²) in [6.07, 6.45) is 12.5. The van der Waals surface area contributed by atoms with Crippen molar-refractivity contribution in [1.29, 1.82) is 0 Å². The molecule has 1 saturated heterocycles. The highest BCUT2D eigenvalue weighted by molar-refractivity contribution is 7.15. The first-order valence-corrected chi connectivity index (χ1v) is 15.4. The van der Waals surface area contributed by atoms with Gasteiger partial charge in [0.15, 0.2) is 11.4 Å². The third kappa shape index (κ3) is 5.02. The first-order chi connectivity index (χ1) is 18.4. The highest BCUT2D eigenvalue weighted by Gasteiger charge is 2.58. The van der Waals surface area contributed by atoms with Crippen molar-refractivity contribution in [1.82, 2.24) is 4.98 Å². The lowest BCUT2D eigenvalue weighted by molar-refractivity contribution is -0.116. The number of fused-ring (bicyclic) bond motifs is 5. The SMILES string of the molecule is CO[C@H]1C[C@@H](CCC(=O)Nc2ncc(C)s2)C2C3CCc4cc(OC5CCCCO5)ccc4C3CCC21C. The average molecular weight is 539 g/mol. The van der Waals surface area contributed by atoms with E-state index in [4.69, 9.17) is 14.2 Å². The van der Waals surface area contributed by atoms with Crippen LogP contribution in [-0.4, -0.2) is 37.0 Å². The van der Waals surface area contributed by atoms with Gasteiger partial charge < -0.3 is 19.5 Å². The predicted molar refractivity (Wildman–Crippen MR) is 150 cm³/mol. The molecule has 1 aromatic carbocycles. The van der Waals surface area contributed by atoms with E-state index >= 15 is 0 Å². The molecule has 2 aromatic rings. The van der Waals surface area contributed by atoms with E-state index in [0.29, 0.717) is 35.2 Å². The molecule has 0 spiro atoms. The minimum absolute atomic E-state index is 0.0812. The lowest BCUT2D eigenvalue weighted by atomic mass is 9.53. The van der Waals surface area contributed by atoms with Crippen molar-refractivity contribution < 1.29 is 19.0 Å². The molecule has 0 bridgehead atoms. The molecule has 7 heteroatoms. The van der Waals surface area contributed by atoms with Gasteiger partial charge in [0.2, 0.25) is 5.91 Å². The van der Waals surface area contributed by atoms with Crippen LogP contribution in [0.4, 0.5) is 5.13 Å². The Kier molecular flexibility index (Phi) is 7.53. The van der Waals surface area contributed by atoms with Crippen LogP contribution in [0.3, 0.4) is 0 Å². The summed E-state index contributed by atoms with van der Waals surface area (Å²) in [5.74, 6) is 3.36. The molecule has 0 radical (unpaired) electrons. The number of nitrogens with one attached hydrogen (secondary N) is 1. The average Bonchev–Trinajstić information content (AvgIpc) is 3.46. The zero-order valence-electron chi connectivity index (χ0n) is 23.0. The third-order valence-corrected chi connectivity index (χ3v) is 10.9.